The lowest BCUT2D eigenvalue weighted by atomic mass is 10.1. The van der Waals surface area contributed by atoms with E-state index in [-0.39, 0.29) is 17.3 Å². The van der Waals surface area contributed by atoms with E-state index in [1.807, 2.05) is 0 Å². The van der Waals surface area contributed by atoms with E-state index >= 15 is 0 Å². The van der Waals surface area contributed by atoms with Crippen molar-refractivity contribution >= 4 is 11.4 Å². The molecule has 20 heavy (non-hydrogen) atoms. The topological polar surface area (TPSA) is 70.2 Å². The summed E-state index contributed by atoms with van der Waals surface area (Å²) in [5, 5.41) is 19.6. The number of benzene rings is 1. The molecule has 0 radical (unpaired) electrons. The second-order valence-electron chi connectivity index (χ2n) is 4.54. The van der Waals surface area contributed by atoms with Crippen molar-refractivity contribution in [2.45, 2.75) is 25.1 Å². The molecule has 2 rings (SSSR count). The van der Waals surface area contributed by atoms with Gasteiger partial charge in [0.1, 0.15) is 18.2 Å². The summed E-state index contributed by atoms with van der Waals surface area (Å²) in [7, 11) is 0. The molecule has 0 atom stereocenters. The highest BCUT2D eigenvalue weighted by Crippen LogP contribution is 2.36. The van der Waals surface area contributed by atoms with Crippen LogP contribution < -0.4 is 4.90 Å². The molecule has 0 unspecified atom stereocenters. The molecule has 106 valence electrons. The normalized spacial score (nSPS) is 14.7. The van der Waals surface area contributed by atoms with Crippen LogP contribution >= 0.6 is 0 Å². The van der Waals surface area contributed by atoms with Crippen molar-refractivity contribution in [3.8, 4) is 6.07 Å². The van der Waals surface area contributed by atoms with Gasteiger partial charge in [0.25, 0.3) is 5.69 Å². The summed E-state index contributed by atoms with van der Waals surface area (Å²) >= 11 is 0. The Hall–Kier alpha value is -2.30. The highest BCUT2D eigenvalue weighted by Gasteiger charge is 2.38. The number of alkyl halides is 3. The lowest BCUT2D eigenvalue weighted by molar-refractivity contribution is -0.385. The van der Waals surface area contributed by atoms with Gasteiger partial charge in [0.2, 0.25) is 0 Å². The summed E-state index contributed by atoms with van der Waals surface area (Å²) in [4.78, 5) is 11.2. The third kappa shape index (κ3) is 3.17. The Morgan fingerprint density at radius 1 is 1.45 bits per heavy atom. The molecule has 0 N–H and O–H groups in total. The maximum atomic E-state index is 12.6. The number of nitrogens with zero attached hydrogens (tertiary/aromatic N) is 3. The fraction of sp³-hybridized carbons (Fsp3) is 0.417. The number of hydrogen-bond donors (Lipinski definition) is 0. The van der Waals surface area contributed by atoms with Gasteiger partial charge in [-0.1, -0.05) is 0 Å². The maximum absolute atomic E-state index is 12.6. The van der Waals surface area contributed by atoms with Gasteiger partial charge < -0.3 is 4.90 Å². The Labute approximate surface area is 112 Å². The molecule has 0 aliphatic heterocycles. The van der Waals surface area contributed by atoms with E-state index in [1.54, 1.807) is 6.07 Å². The van der Waals surface area contributed by atoms with Crippen molar-refractivity contribution in [1.29, 1.82) is 5.26 Å². The second kappa shape index (κ2) is 5.00. The minimum Gasteiger partial charge on any atom is -0.359 e. The molecule has 0 spiro atoms. The van der Waals surface area contributed by atoms with Crippen molar-refractivity contribution in [3.05, 3.63) is 33.9 Å². The summed E-state index contributed by atoms with van der Waals surface area (Å²) in [6.07, 6.45) is -3.13. The molecular weight excluding hydrogens is 275 g/mol. The van der Waals surface area contributed by atoms with Crippen LogP contribution in [-0.4, -0.2) is 23.7 Å². The highest BCUT2D eigenvalue weighted by molar-refractivity contribution is 5.61. The van der Waals surface area contributed by atoms with Crippen LogP contribution in [-0.2, 0) is 0 Å². The molecule has 1 fully saturated rings. The van der Waals surface area contributed by atoms with E-state index in [2.05, 4.69) is 0 Å². The van der Waals surface area contributed by atoms with Crippen LogP contribution in [0.1, 0.15) is 18.4 Å². The minimum absolute atomic E-state index is 0.121. The van der Waals surface area contributed by atoms with Crippen molar-refractivity contribution in [2.24, 2.45) is 0 Å². The fourth-order valence-corrected chi connectivity index (χ4v) is 1.95. The number of nitro benzene ring substituents is 1. The second-order valence-corrected chi connectivity index (χ2v) is 4.54. The molecule has 1 aromatic carbocycles. The SMILES string of the molecule is N#Cc1ccc(N(CC(F)(F)F)C2CC2)cc1[N+](=O)[O-]. The van der Waals surface area contributed by atoms with Gasteiger partial charge in [-0.05, 0) is 25.0 Å². The summed E-state index contributed by atoms with van der Waals surface area (Å²) in [5.74, 6) is 0. The van der Waals surface area contributed by atoms with E-state index in [0.29, 0.717) is 12.8 Å². The molecule has 0 aromatic heterocycles. The smallest absolute Gasteiger partial charge is 0.359 e. The number of hydrogen-bond acceptors (Lipinski definition) is 4. The van der Waals surface area contributed by atoms with Crippen molar-refractivity contribution in [3.63, 3.8) is 0 Å². The predicted octanol–water partition coefficient (Wildman–Crippen LogP) is 3.00. The monoisotopic (exact) mass is 285 g/mol. The van der Waals surface area contributed by atoms with Crippen molar-refractivity contribution < 1.29 is 18.1 Å². The molecule has 1 aliphatic carbocycles. The zero-order valence-corrected chi connectivity index (χ0v) is 10.2. The molecule has 1 saturated carbocycles. The third-order valence-corrected chi connectivity index (χ3v) is 2.97. The van der Waals surface area contributed by atoms with Gasteiger partial charge in [0.05, 0.1) is 4.92 Å². The molecule has 0 saturated heterocycles. The number of halogens is 3. The van der Waals surface area contributed by atoms with Crippen LogP contribution in [0.4, 0.5) is 24.5 Å². The average molecular weight is 285 g/mol. The third-order valence-electron chi connectivity index (χ3n) is 2.97. The summed E-state index contributed by atoms with van der Waals surface area (Å²) in [5.41, 5.74) is -0.519. The highest BCUT2D eigenvalue weighted by atomic mass is 19.4. The quantitative estimate of drug-likeness (QED) is 0.630. The van der Waals surface area contributed by atoms with E-state index in [9.17, 15) is 23.3 Å². The first-order chi connectivity index (χ1) is 9.31. The first-order valence-corrected chi connectivity index (χ1v) is 5.84. The number of rotatable bonds is 4. The van der Waals surface area contributed by atoms with E-state index in [4.69, 9.17) is 5.26 Å². The van der Waals surface area contributed by atoms with E-state index in [1.165, 1.54) is 12.1 Å². The Bertz CT molecular complexity index is 576. The van der Waals surface area contributed by atoms with Crippen LogP contribution in [0.5, 0.6) is 0 Å². The van der Waals surface area contributed by atoms with Crippen LogP contribution in [0.25, 0.3) is 0 Å². The molecule has 0 bridgehead atoms. The first-order valence-electron chi connectivity index (χ1n) is 5.84. The van der Waals surface area contributed by atoms with Gasteiger partial charge in [0.15, 0.2) is 0 Å². The molecule has 0 amide bonds. The number of nitro groups is 1. The van der Waals surface area contributed by atoms with E-state index < -0.39 is 23.3 Å². The zero-order valence-electron chi connectivity index (χ0n) is 10.2. The maximum Gasteiger partial charge on any atom is 0.405 e. The zero-order chi connectivity index (χ0) is 14.9. The Morgan fingerprint density at radius 2 is 2.10 bits per heavy atom. The van der Waals surface area contributed by atoms with E-state index in [0.717, 1.165) is 11.0 Å². The molecular formula is C12H10F3N3O2. The summed E-state index contributed by atoms with van der Waals surface area (Å²) < 4.78 is 37.7. The molecule has 5 nitrogen and oxygen atoms in total. The molecule has 0 heterocycles. The summed E-state index contributed by atoms with van der Waals surface area (Å²) in [6.45, 7) is -1.15. The predicted molar refractivity (Wildman–Crippen MR) is 64.2 cm³/mol. The molecule has 1 aromatic rings. The standard InChI is InChI=1S/C12H10F3N3O2/c13-12(14,15)7-17(9-3-4-9)10-2-1-8(6-16)11(5-10)18(19)20/h1-2,5,9H,3-4,7H2. The van der Waals surface area contributed by atoms with Crippen LogP contribution in [0, 0.1) is 21.4 Å². The largest absolute Gasteiger partial charge is 0.405 e. The van der Waals surface area contributed by atoms with Crippen LogP contribution in [0.2, 0.25) is 0 Å². The van der Waals surface area contributed by atoms with Gasteiger partial charge in [0, 0.05) is 17.8 Å². The average Bonchev–Trinajstić information content (AvgIpc) is 3.18. The van der Waals surface area contributed by atoms with Crippen molar-refractivity contribution in [1.82, 2.24) is 0 Å². The molecule has 8 heteroatoms. The Morgan fingerprint density at radius 3 is 2.55 bits per heavy atom. The van der Waals surface area contributed by atoms with Crippen molar-refractivity contribution in [2.75, 3.05) is 11.4 Å². The van der Waals surface area contributed by atoms with Gasteiger partial charge in [-0.15, -0.1) is 0 Å². The summed E-state index contributed by atoms with van der Waals surface area (Å²) in [6, 6.07) is 4.93. The lowest BCUT2D eigenvalue weighted by Gasteiger charge is -2.25. The lowest BCUT2D eigenvalue weighted by Crippen LogP contribution is -2.36. The van der Waals surface area contributed by atoms with Gasteiger partial charge in [-0.3, -0.25) is 10.1 Å². The fourth-order valence-electron chi connectivity index (χ4n) is 1.95. The van der Waals surface area contributed by atoms with Gasteiger partial charge in [-0.2, -0.15) is 18.4 Å². The number of anilines is 1. The van der Waals surface area contributed by atoms with Crippen LogP contribution in [0.15, 0.2) is 18.2 Å². The Balaban J connectivity index is 2.37. The van der Waals surface area contributed by atoms with Gasteiger partial charge in [-0.25, -0.2) is 0 Å². The molecule has 1 aliphatic rings. The van der Waals surface area contributed by atoms with Gasteiger partial charge >= 0.3 is 6.18 Å². The Kier molecular flexibility index (Phi) is 3.53. The minimum atomic E-state index is -4.38. The van der Waals surface area contributed by atoms with Crippen LogP contribution in [0.3, 0.4) is 0 Å². The first kappa shape index (κ1) is 14.1. The number of nitriles is 1.